The van der Waals surface area contributed by atoms with E-state index in [1.54, 1.807) is 6.20 Å². The van der Waals surface area contributed by atoms with Gasteiger partial charge in [-0.2, -0.15) is 0 Å². The van der Waals surface area contributed by atoms with Gasteiger partial charge in [0.2, 0.25) is 0 Å². The Morgan fingerprint density at radius 1 is 1.07 bits per heavy atom. The summed E-state index contributed by atoms with van der Waals surface area (Å²) in [4.78, 5) is 18.7. The molecule has 0 bridgehead atoms. The Labute approximate surface area is 166 Å². The van der Waals surface area contributed by atoms with Gasteiger partial charge in [-0.15, -0.1) is 0 Å². The van der Waals surface area contributed by atoms with Crippen molar-refractivity contribution in [3.8, 4) is 11.1 Å². The van der Waals surface area contributed by atoms with E-state index in [-0.39, 0.29) is 6.03 Å². The van der Waals surface area contributed by atoms with Gasteiger partial charge in [0.1, 0.15) is 0 Å². The molecule has 28 heavy (non-hydrogen) atoms. The minimum Gasteiger partial charge on any atom is -0.324 e. The van der Waals surface area contributed by atoms with E-state index >= 15 is 0 Å². The number of aryl methyl sites for hydroxylation is 2. The van der Waals surface area contributed by atoms with Crippen LogP contribution in [0.25, 0.3) is 11.1 Å². The predicted molar refractivity (Wildman–Crippen MR) is 113 cm³/mol. The smallest absolute Gasteiger partial charge is 0.321 e. The number of aromatic nitrogens is 1. The van der Waals surface area contributed by atoms with Crippen molar-refractivity contribution in [2.75, 3.05) is 18.4 Å². The second kappa shape index (κ2) is 7.85. The number of urea groups is 1. The molecule has 0 radical (unpaired) electrons. The van der Waals surface area contributed by atoms with Gasteiger partial charge in [0, 0.05) is 36.7 Å². The van der Waals surface area contributed by atoms with E-state index in [9.17, 15) is 4.79 Å². The van der Waals surface area contributed by atoms with Crippen LogP contribution in [0.2, 0.25) is 0 Å². The molecular formula is C24H25N3O. The molecule has 2 heterocycles. The van der Waals surface area contributed by atoms with Crippen LogP contribution < -0.4 is 5.32 Å². The standard InChI is InChI=1S/C24H25N3O/c1-17-5-8-19(9-6-17)12-20-15-27(16-20)24(28)26-23-13-21(10-7-18(23)2)22-4-3-11-25-14-22/h3-11,13-14,20H,12,15-16H2,1-2H3,(H,26,28). The van der Waals surface area contributed by atoms with Crippen LogP contribution in [-0.2, 0) is 6.42 Å². The first-order valence-corrected chi connectivity index (χ1v) is 9.71. The fraction of sp³-hybridized carbons (Fsp3) is 0.250. The molecule has 0 aliphatic carbocycles. The first kappa shape index (κ1) is 18.2. The van der Waals surface area contributed by atoms with Crippen LogP contribution in [0.15, 0.2) is 67.0 Å². The summed E-state index contributed by atoms with van der Waals surface area (Å²) in [7, 11) is 0. The highest BCUT2D eigenvalue weighted by Crippen LogP contribution is 2.26. The minimum atomic E-state index is -0.0217. The normalized spacial score (nSPS) is 13.9. The van der Waals surface area contributed by atoms with Gasteiger partial charge < -0.3 is 10.2 Å². The molecule has 0 spiro atoms. The average molecular weight is 371 g/mol. The van der Waals surface area contributed by atoms with Gasteiger partial charge in [-0.3, -0.25) is 4.98 Å². The van der Waals surface area contributed by atoms with Gasteiger partial charge >= 0.3 is 6.03 Å². The van der Waals surface area contributed by atoms with E-state index in [0.29, 0.717) is 5.92 Å². The highest BCUT2D eigenvalue weighted by Gasteiger charge is 2.30. The van der Waals surface area contributed by atoms with Crippen LogP contribution >= 0.6 is 0 Å². The summed E-state index contributed by atoms with van der Waals surface area (Å²) >= 11 is 0. The molecule has 4 rings (SSSR count). The van der Waals surface area contributed by atoms with E-state index in [1.165, 1.54) is 11.1 Å². The number of hydrogen-bond acceptors (Lipinski definition) is 2. The van der Waals surface area contributed by atoms with Crippen molar-refractivity contribution in [2.45, 2.75) is 20.3 Å². The van der Waals surface area contributed by atoms with Crippen LogP contribution in [0, 0.1) is 19.8 Å². The van der Waals surface area contributed by atoms with Gasteiger partial charge in [-0.25, -0.2) is 4.79 Å². The minimum absolute atomic E-state index is 0.0217. The fourth-order valence-electron chi connectivity index (χ4n) is 3.59. The molecule has 1 fully saturated rings. The maximum atomic E-state index is 12.6. The first-order chi connectivity index (χ1) is 13.6. The van der Waals surface area contributed by atoms with Gasteiger partial charge in [0.05, 0.1) is 0 Å². The Kier molecular flexibility index (Phi) is 5.11. The lowest BCUT2D eigenvalue weighted by atomic mass is 9.92. The van der Waals surface area contributed by atoms with Gasteiger partial charge in [-0.1, -0.05) is 48.0 Å². The SMILES string of the molecule is Cc1ccc(CC2CN(C(=O)Nc3cc(-c4cccnc4)ccc3C)C2)cc1. The van der Waals surface area contributed by atoms with Gasteiger partial charge in [0.25, 0.3) is 0 Å². The van der Waals surface area contributed by atoms with Crippen LogP contribution in [0.3, 0.4) is 0 Å². The summed E-state index contributed by atoms with van der Waals surface area (Å²) in [5, 5.41) is 3.08. The van der Waals surface area contributed by atoms with E-state index < -0.39 is 0 Å². The van der Waals surface area contributed by atoms with Crippen molar-refractivity contribution in [3.05, 3.63) is 83.7 Å². The molecule has 0 saturated carbocycles. The Morgan fingerprint density at radius 3 is 2.57 bits per heavy atom. The Balaban J connectivity index is 1.36. The number of rotatable bonds is 4. The third-order valence-electron chi connectivity index (χ3n) is 5.36. The zero-order valence-electron chi connectivity index (χ0n) is 16.4. The molecule has 1 saturated heterocycles. The summed E-state index contributed by atoms with van der Waals surface area (Å²) in [6.07, 6.45) is 4.62. The topological polar surface area (TPSA) is 45.2 Å². The number of likely N-dealkylation sites (tertiary alicyclic amines) is 1. The number of pyridine rings is 1. The summed E-state index contributed by atoms with van der Waals surface area (Å²) in [5.41, 5.74) is 6.62. The van der Waals surface area contributed by atoms with Gasteiger partial charge in [-0.05, 0) is 55.0 Å². The van der Waals surface area contributed by atoms with Crippen molar-refractivity contribution < 1.29 is 4.79 Å². The fourth-order valence-corrected chi connectivity index (χ4v) is 3.59. The molecule has 1 aliphatic heterocycles. The molecule has 2 aromatic carbocycles. The molecule has 4 nitrogen and oxygen atoms in total. The summed E-state index contributed by atoms with van der Waals surface area (Å²) in [5.74, 6) is 0.538. The molecule has 0 unspecified atom stereocenters. The summed E-state index contributed by atoms with van der Waals surface area (Å²) in [6.45, 7) is 5.73. The second-order valence-corrected chi connectivity index (χ2v) is 7.66. The maximum Gasteiger partial charge on any atom is 0.321 e. The van der Waals surface area contributed by atoms with Crippen LogP contribution in [-0.4, -0.2) is 29.0 Å². The second-order valence-electron chi connectivity index (χ2n) is 7.66. The quantitative estimate of drug-likeness (QED) is 0.696. The van der Waals surface area contributed by atoms with Crippen LogP contribution in [0.1, 0.15) is 16.7 Å². The molecule has 142 valence electrons. The van der Waals surface area contributed by atoms with E-state index in [1.807, 2.05) is 42.3 Å². The van der Waals surface area contributed by atoms with Crippen molar-refractivity contribution in [3.63, 3.8) is 0 Å². The molecule has 3 aromatic rings. The number of anilines is 1. The first-order valence-electron chi connectivity index (χ1n) is 9.71. The van der Waals surface area contributed by atoms with Crippen molar-refractivity contribution in [2.24, 2.45) is 5.92 Å². The van der Waals surface area contributed by atoms with E-state index in [2.05, 4.69) is 47.6 Å². The zero-order valence-corrected chi connectivity index (χ0v) is 16.4. The lowest BCUT2D eigenvalue weighted by molar-refractivity contribution is 0.131. The Bertz CT molecular complexity index is 961. The number of carbonyl (C=O) groups excluding carboxylic acids is 1. The molecule has 2 amide bonds. The Morgan fingerprint density at radius 2 is 1.86 bits per heavy atom. The number of benzene rings is 2. The Hall–Kier alpha value is -3.14. The lowest BCUT2D eigenvalue weighted by Gasteiger charge is -2.39. The largest absolute Gasteiger partial charge is 0.324 e. The number of carbonyl (C=O) groups is 1. The van der Waals surface area contributed by atoms with Gasteiger partial charge in [0.15, 0.2) is 0 Å². The van der Waals surface area contributed by atoms with Crippen molar-refractivity contribution >= 4 is 11.7 Å². The van der Waals surface area contributed by atoms with Crippen molar-refractivity contribution in [1.29, 1.82) is 0 Å². The number of nitrogens with zero attached hydrogens (tertiary/aromatic N) is 2. The highest BCUT2D eigenvalue weighted by atomic mass is 16.2. The predicted octanol–water partition coefficient (Wildman–Crippen LogP) is 5.07. The van der Waals surface area contributed by atoms with Crippen LogP contribution in [0.5, 0.6) is 0 Å². The number of nitrogens with one attached hydrogen (secondary N) is 1. The van der Waals surface area contributed by atoms with E-state index in [4.69, 9.17) is 0 Å². The highest BCUT2D eigenvalue weighted by molar-refractivity contribution is 5.91. The average Bonchev–Trinajstić information content (AvgIpc) is 2.68. The van der Waals surface area contributed by atoms with E-state index in [0.717, 1.165) is 41.9 Å². The lowest BCUT2D eigenvalue weighted by Crippen LogP contribution is -2.52. The third-order valence-corrected chi connectivity index (χ3v) is 5.36. The van der Waals surface area contributed by atoms with Crippen LogP contribution in [0.4, 0.5) is 10.5 Å². The third kappa shape index (κ3) is 4.06. The summed E-state index contributed by atoms with van der Waals surface area (Å²) in [6, 6.07) is 18.7. The zero-order chi connectivity index (χ0) is 19.5. The molecule has 4 heteroatoms. The molecular weight excluding hydrogens is 346 g/mol. The number of amides is 2. The summed E-state index contributed by atoms with van der Waals surface area (Å²) < 4.78 is 0. The monoisotopic (exact) mass is 371 g/mol. The number of hydrogen-bond donors (Lipinski definition) is 1. The molecule has 1 aliphatic rings. The maximum absolute atomic E-state index is 12.6. The molecule has 0 atom stereocenters. The molecule has 1 aromatic heterocycles. The van der Waals surface area contributed by atoms with Crippen molar-refractivity contribution in [1.82, 2.24) is 9.88 Å². The molecule has 1 N–H and O–H groups in total.